The zero-order chi connectivity index (χ0) is 6.10. The SMILES string of the molecule is [H-].[Li+].c1ccc2ocnc2c1. The van der Waals surface area contributed by atoms with E-state index in [2.05, 4.69) is 4.98 Å². The van der Waals surface area contributed by atoms with E-state index in [-0.39, 0.29) is 20.3 Å². The molecule has 0 N–H and O–H groups in total. The fourth-order valence-corrected chi connectivity index (χ4v) is 0.803. The summed E-state index contributed by atoms with van der Waals surface area (Å²) in [6.07, 6.45) is 1.45. The van der Waals surface area contributed by atoms with E-state index in [4.69, 9.17) is 4.42 Å². The third-order valence-corrected chi connectivity index (χ3v) is 1.24. The van der Waals surface area contributed by atoms with Gasteiger partial charge >= 0.3 is 18.9 Å². The van der Waals surface area contributed by atoms with Crippen molar-refractivity contribution < 1.29 is 24.7 Å². The van der Waals surface area contributed by atoms with Gasteiger partial charge in [-0.05, 0) is 12.1 Å². The largest absolute Gasteiger partial charge is 1.00 e. The van der Waals surface area contributed by atoms with Gasteiger partial charge in [-0.3, -0.25) is 0 Å². The van der Waals surface area contributed by atoms with Crippen LogP contribution >= 0.6 is 0 Å². The Hall–Kier alpha value is -0.713. The van der Waals surface area contributed by atoms with Gasteiger partial charge in [-0.25, -0.2) is 4.98 Å². The maximum Gasteiger partial charge on any atom is 1.00 e. The van der Waals surface area contributed by atoms with Crippen molar-refractivity contribution in [3.8, 4) is 0 Å². The van der Waals surface area contributed by atoms with Crippen molar-refractivity contribution in [1.29, 1.82) is 0 Å². The van der Waals surface area contributed by atoms with Crippen LogP contribution in [0.5, 0.6) is 0 Å². The van der Waals surface area contributed by atoms with Gasteiger partial charge < -0.3 is 5.84 Å². The van der Waals surface area contributed by atoms with E-state index >= 15 is 0 Å². The minimum atomic E-state index is 0. The molecule has 2 nitrogen and oxygen atoms in total. The van der Waals surface area contributed by atoms with Gasteiger partial charge in [0.1, 0.15) is 5.52 Å². The predicted molar refractivity (Wildman–Crippen MR) is 35.1 cm³/mol. The molecule has 10 heavy (non-hydrogen) atoms. The standard InChI is InChI=1S/C7H5NO.Li.H/c1-2-4-7-6(3-1)8-5-9-7;;/h1-5H;;/q;+1;-1. The number of oxazole rings is 1. The molecule has 1 heterocycles. The predicted octanol–water partition coefficient (Wildman–Crippen LogP) is -1.06. The Morgan fingerprint density at radius 1 is 1.30 bits per heavy atom. The molecule has 0 saturated carbocycles. The number of nitrogens with zero attached hydrogens (tertiary/aromatic N) is 1. The molecule has 0 bridgehead atoms. The topological polar surface area (TPSA) is 26.0 Å². The van der Waals surface area contributed by atoms with E-state index in [1.54, 1.807) is 0 Å². The Morgan fingerprint density at radius 2 is 2.10 bits per heavy atom. The normalized spacial score (nSPS) is 9.20. The van der Waals surface area contributed by atoms with Crippen molar-refractivity contribution >= 4 is 11.1 Å². The number of aromatic nitrogens is 1. The molecular formula is C7H6LiNO. The third-order valence-electron chi connectivity index (χ3n) is 1.24. The molecule has 0 radical (unpaired) electrons. The summed E-state index contributed by atoms with van der Waals surface area (Å²) in [5, 5.41) is 0. The molecule has 3 heteroatoms. The van der Waals surface area contributed by atoms with Gasteiger partial charge in [0, 0.05) is 0 Å². The molecule has 0 spiro atoms. The van der Waals surface area contributed by atoms with Crippen LogP contribution in [0.1, 0.15) is 1.43 Å². The van der Waals surface area contributed by atoms with Gasteiger partial charge in [0.25, 0.3) is 0 Å². The molecule has 0 amide bonds. The summed E-state index contributed by atoms with van der Waals surface area (Å²) in [5.41, 5.74) is 1.76. The van der Waals surface area contributed by atoms with Gasteiger partial charge in [-0.2, -0.15) is 0 Å². The molecule has 0 saturated heterocycles. The number of hydrogen-bond acceptors (Lipinski definition) is 2. The quantitative estimate of drug-likeness (QED) is 0.422. The van der Waals surface area contributed by atoms with Crippen LogP contribution in [-0.2, 0) is 0 Å². The first-order valence-corrected chi connectivity index (χ1v) is 2.75. The molecule has 0 atom stereocenters. The van der Waals surface area contributed by atoms with Crippen LogP contribution in [0.3, 0.4) is 0 Å². The molecule has 0 aliphatic heterocycles. The van der Waals surface area contributed by atoms with Gasteiger partial charge in [0.2, 0.25) is 0 Å². The first kappa shape index (κ1) is 7.40. The first-order chi connectivity index (χ1) is 4.47. The van der Waals surface area contributed by atoms with Crippen molar-refractivity contribution in [3.63, 3.8) is 0 Å². The van der Waals surface area contributed by atoms with E-state index < -0.39 is 0 Å². The number of rotatable bonds is 0. The van der Waals surface area contributed by atoms with Gasteiger partial charge in [-0.15, -0.1) is 0 Å². The zero-order valence-corrected chi connectivity index (χ0v) is 5.74. The van der Waals surface area contributed by atoms with Crippen molar-refractivity contribution in [2.75, 3.05) is 0 Å². The Morgan fingerprint density at radius 3 is 2.90 bits per heavy atom. The summed E-state index contributed by atoms with van der Waals surface area (Å²) >= 11 is 0. The maximum atomic E-state index is 5.01. The Labute approximate surface area is 71.9 Å². The summed E-state index contributed by atoms with van der Waals surface area (Å²) in [7, 11) is 0. The van der Waals surface area contributed by atoms with Gasteiger partial charge in [-0.1, -0.05) is 12.1 Å². The maximum absolute atomic E-state index is 5.01. The van der Waals surface area contributed by atoms with E-state index in [1.807, 2.05) is 24.3 Å². The van der Waals surface area contributed by atoms with E-state index in [1.165, 1.54) is 6.39 Å². The molecule has 2 rings (SSSR count). The van der Waals surface area contributed by atoms with E-state index in [9.17, 15) is 0 Å². The zero-order valence-electron chi connectivity index (χ0n) is 6.74. The minimum Gasteiger partial charge on any atom is -1.00 e. The molecule has 2 aromatic rings. The second kappa shape index (κ2) is 2.92. The Bertz CT molecular complexity index is 292. The smallest absolute Gasteiger partial charge is 1.00 e. The Kier molecular flexibility index (Phi) is 2.16. The molecule has 1 aromatic heterocycles. The van der Waals surface area contributed by atoms with Crippen LogP contribution in [-0.4, -0.2) is 4.98 Å². The summed E-state index contributed by atoms with van der Waals surface area (Å²) in [4.78, 5) is 3.95. The number of fused-ring (bicyclic) bond motifs is 1. The summed E-state index contributed by atoms with van der Waals surface area (Å²) < 4.78 is 5.01. The summed E-state index contributed by atoms with van der Waals surface area (Å²) in [6, 6.07) is 7.67. The Balaban J connectivity index is 0.000000500. The van der Waals surface area contributed by atoms with Crippen LogP contribution in [0.15, 0.2) is 35.1 Å². The average Bonchev–Trinajstić information content (AvgIpc) is 2.33. The summed E-state index contributed by atoms with van der Waals surface area (Å²) in [5.74, 6) is 0. The van der Waals surface area contributed by atoms with Crippen molar-refractivity contribution in [1.82, 2.24) is 4.98 Å². The summed E-state index contributed by atoms with van der Waals surface area (Å²) in [6.45, 7) is 0. The van der Waals surface area contributed by atoms with Crippen molar-refractivity contribution in [2.45, 2.75) is 0 Å². The van der Waals surface area contributed by atoms with Gasteiger partial charge in [0.05, 0.1) is 0 Å². The molecule has 1 aromatic carbocycles. The molecule has 0 aliphatic carbocycles. The molecule has 0 aliphatic rings. The molecule has 46 valence electrons. The number of benzene rings is 1. The van der Waals surface area contributed by atoms with Crippen LogP contribution in [0, 0.1) is 0 Å². The molecular weight excluding hydrogens is 121 g/mol. The van der Waals surface area contributed by atoms with Crippen molar-refractivity contribution in [3.05, 3.63) is 30.7 Å². The minimum absolute atomic E-state index is 0. The average molecular weight is 127 g/mol. The fraction of sp³-hybridized carbons (Fsp3) is 0. The van der Waals surface area contributed by atoms with E-state index in [0.717, 1.165) is 11.1 Å². The molecule has 0 fully saturated rings. The van der Waals surface area contributed by atoms with Crippen LogP contribution in [0.2, 0.25) is 0 Å². The van der Waals surface area contributed by atoms with Crippen molar-refractivity contribution in [2.24, 2.45) is 0 Å². The van der Waals surface area contributed by atoms with Crippen LogP contribution in [0.4, 0.5) is 0 Å². The third kappa shape index (κ3) is 1.09. The number of para-hydroxylation sites is 2. The first-order valence-electron chi connectivity index (χ1n) is 2.75. The van der Waals surface area contributed by atoms with E-state index in [0.29, 0.717) is 0 Å². The second-order valence-corrected chi connectivity index (χ2v) is 1.82. The van der Waals surface area contributed by atoms with Crippen LogP contribution < -0.4 is 18.9 Å². The fourth-order valence-electron chi connectivity index (χ4n) is 0.803. The monoisotopic (exact) mass is 127 g/mol. The van der Waals surface area contributed by atoms with Crippen LogP contribution in [0.25, 0.3) is 11.1 Å². The molecule has 0 unspecified atom stereocenters. The van der Waals surface area contributed by atoms with Gasteiger partial charge in [0.15, 0.2) is 12.0 Å². The second-order valence-electron chi connectivity index (χ2n) is 1.82. The number of hydrogen-bond donors (Lipinski definition) is 0.